The number of amides is 1. The van der Waals surface area contributed by atoms with Gasteiger partial charge in [-0.2, -0.15) is 0 Å². The van der Waals surface area contributed by atoms with Crippen LogP contribution in [0.4, 0.5) is 0 Å². The molecular formula is C8H14N2O. The molecule has 1 heterocycles. The second-order valence-electron chi connectivity index (χ2n) is 2.94. The molecule has 0 aromatic rings. The molecule has 0 aliphatic carbocycles. The quantitative estimate of drug-likeness (QED) is 0.458. The highest BCUT2D eigenvalue weighted by Gasteiger charge is 2.32. The van der Waals surface area contributed by atoms with Crippen LogP contribution in [0.5, 0.6) is 0 Å². The van der Waals surface area contributed by atoms with Crippen LogP contribution in [0.3, 0.4) is 0 Å². The van der Waals surface area contributed by atoms with Crippen LogP contribution >= 0.6 is 0 Å². The number of hydrogen-bond acceptors (Lipinski definition) is 2. The minimum absolute atomic E-state index is 0.0408. The van der Waals surface area contributed by atoms with Gasteiger partial charge in [0.15, 0.2) is 0 Å². The van der Waals surface area contributed by atoms with Crippen LogP contribution in [0.25, 0.3) is 0 Å². The SMILES string of the molecule is C=CC1(NC)CCN(C=O)C1. The van der Waals surface area contributed by atoms with E-state index in [9.17, 15) is 4.79 Å². The molecule has 3 heteroatoms. The van der Waals surface area contributed by atoms with Gasteiger partial charge in [0, 0.05) is 13.1 Å². The smallest absolute Gasteiger partial charge is 0.209 e. The normalized spacial score (nSPS) is 30.5. The molecule has 62 valence electrons. The lowest BCUT2D eigenvalue weighted by molar-refractivity contribution is -0.117. The average Bonchev–Trinajstić information content (AvgIpc) is 2.49. The fourth-order valence-electron chi connectivity index (χ4n) is 1.43. The van der Waals surface area contributed by atoms with E-state index in [1.807, 2.05) is 13.1 Å². The maximum atomic E-state index is 10.4. The Hall–Kier alpha value is -0.830. The zero-order valence-corrected chi connectivity index (χ0v) is 6.84. The van der Waals surface area contributed by atoms with Gasteiger partial charge >= 0.3 is 0 Å². The first-order chi connectivity index (χ1) is 5.26. The summed E-state index contributed by atoms with van der Waals surface area (Å²) in [5, 5.41) is 3.17. The number of nitrogens with zero attached hydrogens (tertiary/aromatic N) is 1. The zero-order chi connectivity index (χ0) is 8.32. The number of likely N-dealkylation sites (N-methyl/N-ethyl adjacent to an activating group) is 1. The first kappa shape index (κ1) is 8.27. The van der Waals surface area contributed by atoms with E-state index >= 15 is 0 Å². The number of rotatable bonds is 3. The van der Waals surface area contributed by atoms with Crippen LogP contribution in [0, 0.1) is 0 Å². The summed E-state index contributed by atoms with van der Waals surface area (Å²) >= 11 is 0. The van der Waals surface area contributed by atoms with Crippen LogP contribution in [0.1, 0.15) is 6.42 Å². The van der Waals surface area contributed by atoms with Gasteiger partial charge < -0.3 is 10.2 Å². The molecular weight excluding hydrogens is 140 g/mol. The third kappa shape index (κ3) is 1.43. The highest BCUT2D eigenvalue weighted by atomic mass is 16.1. The Kier molecular flexibility index (Phi) is 2.29. The fourth-order valence-corrected chi connectivity index (χ4v) is 1.43. The van der Waals surface area contributed by atoms with Gasteiger partial charge in [0.05, 0.1) is 5.54 Å². The topological polar surface area (TPSA) is 32.3 Å². The molecule has 1 rings (SSSR count). The minimum Gasteiger partial charge on any atom is -0.343 e. The van der Waals surface area contributed by atoms with Crippen molar-refractivity contribution in [2.24, 2.45) is 0 Å². The molecule has 0 aromatic carbocycles. The van der Waals surface area contributed by atoms with Gasteiger partial charge in [-0.25, -0.2) is 0 Å². The van der Waals surface area contributed by atoms with Crippen molar-refractivity contribution in [3.05, 3.63) is 12.7 Å². The molecule has 1 saturated heterocycles. The average molecular weight is 154 g/mol. The molecule has 1 N–H and O–H groups in total. The van der Waals surface area contributed by atoms with E-state index in [-0.39, 0.29) is 5.54 Å². The van der Waals surface area contributed by atoms with E-state index in [1.165, 1.54) is 0 Å². The Labute approximate surface area is 67.1 Å². The maximum absolute atomic E-state index is 10.4. The number of likely N-dealkylation sites (tertiary alicyclic amines) is 1. The molecule has 1 fully saturated rings. The number of nitrogens with one attached hydrogen (secondary N) is 1. The maximum Gasteiger partial charge on any atom is 0.209 e. The van der Waals surface area contributed by atoms with Crippen molar-refractivity contribution in [2.75, 3.05) is 20.1 Å². The third-order valence-corrected chi connectivity index (χ3v) is 2.37. The molecule has 1 aliphatic heterocycles. The summed E-state index contributed by atoms with van der Waals surface area (Å²) in [4.78, 5) is 12.2. The van der Waals surface area contributed by atoms with E-state index in [0.29, 0.717) is 0 Å². The summed E-state index contributed by atoms with van der Waals surface area (Å²) in [5.41, 5.74) is -0.0408. The second kappa shape index (κ2) is 3.05. The van der Waals surface area contributed by atoms with Crippen LogP contribution in [0.15, 0.2) is 12.7 Å². The highest BCUT2D eigenvalue weighted by Crippen LogP contribution is 2.20. The molecule has 1 aliphatic rings. The summed E-state index contributed by atoms with van der Waals surface area (Å²) in [6, 6.07) is 0. The number of carbonyl (C=O) groups is 1. The molecule has 0 bridgehead atoms. The number of hydrogen-bond donors (Lipinski definition) is 1. The summed E-state index contributed by atoms with van der Waals surface area (Å²) in [6.45, 7) is 5.33. The Morgan fingerprint density at radius 2 is 2.45 bits per heavy atom. The van der Waals surface area contributed by atoms with Gasteiger partial charge in [0.1, 0.15) is 0 Å². The van der Waals surface area contributed by atoms with Crippen LogP contribution < -0.4 is 5.32 Å². The van der Waals surface area contributed by atoms with Crippen molar-refractivity contribution in [1.29, 1.82) is 0 Å². The standard InChI is InChI=1S/C8H14N2O/c1-3-8(9-2)4-5-10(6-8)7-11/h3,7,9H,1,4-6H2,2H3. The summed E-state index contributed by atoms with van der Waals surface area (Å²) in [6.07, 6.45) is 3.74. The largest absolute Gasteiger partial charge is 0.343 e. The summed E-state index contributed by atoms with van der Waals surface area (Å²) in [5.74, 6) is 0. The van der Waals surface area contributed by atoms with Crippen molar-refractivity contribution in [3.8, 4) is 0 Å². The van der Waals surface area contributed by atoms with Crippen molar-refractivity contribution in [3.63, 3.8) is 0 Å². The lowest BCUT2D eigenvalue weighted by Gasteiger charge is -2.23. The molecule has 0 spiro atoms. The van der Waals surface area contributed by atoms with E-state index < -0.39 is 0 Å². The molecule has 0 aromatic heterocycles. The van der Waals surface area contributed by atoms with Crippen molar-refractivity contribution < 1.29 is 4.79 Å². The summed E-state index contributed by atoms with van der Waals surface area (Å²) < 4.78 is 0. The lowest BCUT2D eigenvalue weighted by atomic mass is 10.00. The molecule has 1 amide bonds. The van der Waals surface area contributed by atoms with E-state index in [0.717, 1.165) is 25.9 Å². The predicted octanol–water partition coefficient (Wildman–Crippen LogP) is -0.00730. The van der Waals surface area contributed by atoms with Gasteiger partial charge in [0.25, 0.3) is 0 Å². The molecule has 1 unspecified atom stereocenters. The van der Waals surface area contributed by atoms with Crippen LogP contribution in [-0.2, 0) is 4.79 Å². The van der Waals surface area contributed by atoms with Gasteiger partial charge in [-0.05, 0) is 13.5 Å². The third-order valence-electron chi connectivity index (χ3n) is 2.37. The molecule has 11 heavy (non-hydrogen) atoms. The van der Waals surface area contributed by atoms with Gasteiger partial charge in [-0.1, -0.05) is 6.08 Å². The van der Waals surface area contributed by atoms with Crippen molar-refractivity contribution >= 4 is 6.41 Å². The Bertz CT molecular complexity index is 169. The minimum atomic E-state index is -0.0408. The predicted molar refractivity (Wildman–Crippen MR) is 44.2 cm³/mol. The zero-order valence-electron chi connectivity index (χ0n) is 6.84. The molecule has 0 radical (unpaired) electrons. The van der Waals surface area contributed by atoms with Gasteiger partial charge in [-0.15, -0.1) is 6.58 Å². The molecule has 3 nitrogen and oxygen atoms in total. The summed E-state index contributed by atoms with van der Waals surface area (Å²) in [7, 11) is 1.90. The first-order valence-corrected chi connectivity index (χ1v) is 3.78. The number of carbonyl (C=O) groups excluding carboxylic acids is 1. The fraction of sp³-hybridized carbons (Fsp3) is 0.625. The lowest BCUT2D eigenvalue weighted by Crippen LogP contribution is -2.43. The Morgan fingerprint density at radius 1 is 1.73 bits per heavy atom. The molecule has 1 atom stereocenters. The van der Waals surface area contributed by atoms with Gasteiger partial charge in [-0.3, -0.25) is 4.79 Å². The Morgan fingerprint density at radius 3 is 2.73 bits per heavy atom. The van der Waals surface area contributed by atoms with Crippen LogP contribution in [0.2, 0.25) is 0 Å². The highest BCUT2D eigenvalue weighted by molar-refractivity contribution is 5.48. The van der Waals surface area contributed by atoms with E-state index in [2.05, 4.69) is 11.9 Å². The van der Waals surface area contributed by atoms with Gasteiger partial charge in [0.2, 0.25) is 6.41 Å². The Balaban J connectivity index is 2.61. The van der Waals surface area contributed by atoms with Crippen LogP contribution in [-0.4, -0.2) is 37.0 Å². The first-order valence-electron chi connectivity index (χ1n) is 3.78. The monoisotopic (exact) mass is 154 g/mol. The van der Waals surface area contributed by atoms with Crippen molar-refractivity contribution in [1.82, 2.24) is 10.2 Å². The van der Waals surface area contributed by atoms with E-state index in [1.54, 1.807) is 4.90 Å². The van der Waals surface area contributed by atoms with Crippen molar-refractivity contribution in [2.45, 2.75) is 12.0 Å². The second-order valence-corrected chi connectivity index (χ2v) is 2.94. The van der Waals surface area contributed by atoms with E-state index in [4.69, 9.17) is 0 Å². The molecule has 0 saturated carbocycles.